The van der Waals surface area contributed by atoms with Gasteiger partial charge in [0, 0.05) is 24.7 Å². The fourth-order valence-corrected chi connectivity index (χ4v) is 6.33. The van der Waals surface area contributed by atoms with Gasteiger partial charge in [-0.05, 0) is 53.8 Å². The zero-order valence-electron chi connectivity index (χ0n) is 17.3. The average molecular weight is 443 g/mol. The van der Waals surface area contributed by atoms with Crippen LogP contribution in [-0.2, 0) is 14.8 Å². The lowest BCUT2D eigenvalue weighted by atomic mass is 9.77. The van der Waals surface area contributed by atoms with Crippen molar-refractivity contribution in [3.05, 3.63) is 59.7 Å². The van der Waals surface area contributed by atoms with Gasteiger partial charge >= 0.3 is 0 Å². The third kappa shape index (κ3) is 3.48. The van der Waals surface area contributed by atoms with Gasteiger partial charge in [0.15, 0.2) is 11.5 Å². The molecular weight excluding hydrogens is 416 g/mol. The van der Waals surface area contributed by atoms with E-state index in [1.165, 1.54) is 4.31 Å². The second-order valence-corrected chi connectivity index (χ2v) is 10.1. The molecule has 2 heterocycles. The summed E-state index contributed by atoms with van der Waals surface area (Å²) in [5.74, 6) is 0.935. The van der Waals surface area contributed by atoms with E-state index >= 15 is 0 Å². The van der Waals surface area contributed by atoms with Gasteiger partial charge in [-0.2, -0.15) is 4.31 Å². The van der Waals surface area contributed by atoms with Crippen LogP contribution in [-0.4, -0.2) is 51.2 Å². The highest BCUT2D eigenvalue weighted by Gasteiger charge is 2.39. The highest BCUT2D eigenvalue weighted by atomic mass is 32.2. The van der Waals surface area contributed by atoms with Gasteiger partial charge in [0.2, 0.25) is 10.0 Å². The fourth-order valence-electron chi connectivity index (χ4n) is 4.89. The Morgan fingerprint density at radius 3 is 2.74 bits per heavy atom. The number of morpholine rings is 1. The molecule has 0 saturated carbocycles. The van der Waals surface area contributed by atoms with Crippen molar-refractivity contribution in [2.24, 2.45) is 5.92 Å². The van der Waals surface area contributed by atoms with E-state index < -0.39 is 10.0 Å². The summed E-state index contributed by atoms with van der Waals surface area (Å²) in [4.78, 5) is 0.332. The molecule has 3 atom stereocenters. The van der Waals surface area contributed by atoms with E-state index in [1.807, 2.05) is 24.3 Å². The van der Waals surface area contributed by atoms with E-state index in [9.17, 15) is 13.5 Å². The predicted octanol–water partition coefficient (Wildman–Crippen LogP) is 3.25. The van der Waals surface area contributed by atoms with E-state index in [-0.39, 0.29) is 23.6 Å². The van der Waals surface area contributed by atoms with Gasteiger partial charge in [-0.25, -0.2) is 8.42 Å². The van der Waals surface area contributed by atoms with Gasteiger partial charge in [0.25, 0.3) is 0 Å². The maximum Gasteiger partial charge on any atom is 0.243 e. The van der Waals surface area contributed by atoms with Crippen molar-refractivity contribution in [2.45, 2.75) is 23.3 Å². The van der Waals surface area contributed by atoms with Crippen LogP contribution in [0.25, 0.3) is 0 Å². The van der Waals surface area contributed by atoms with Gasteiger partial charge in [-0.1, -0.05) is 18.2 Å². The fraction of sp³-hybridized carbons (Fsp3) is 0.391. The number of benzene rings is 2. The first kappa shape index (κ1) is 20.4. The normalized spacial score (nSPS) is 25.5. The number of sulfonamides is 1. The molecule has 1 fully saturated rings. The van der Waals surface area contributed by atoms with E-state index in [1.54, 1.807) is 19.2 Å². The van der Waals surface area contributed by atoms with Crippen LogP contribution < -0.4 is 10.1 Å². The Kier molecular flexibility index (Phi) is 5.16. The summed E-state index contributed by atoms with van der Waals surface area (Å²) in [6.45, 7) is 1.62. The number of ether oxygens (including phenoxy) is 2. The molecule has 0 amide bonds. The predicted molar refractivity (Wildman–Crippen MR) is 117 cm³/mol. The molecule has 3 aliphatic rings. The van der Waals surface area contributed by atoms with Gasteiger partial charge in [-0.3, -0.25) is 0 Å². The lowest BCUT2D eigenvalue weighted by Crippen LogP contribution is -2.40. The summed E-state index contributed by atoms with van der Waals surface area (Å²) >= 11 is 0. The topological polar surface area (TPSA) is 88.1 Å². The molecule has 0 aromatic heterocycles. The molecule has 2 aromatic carbocycles. The van der Waals surface area contributed by atoms with Gasteiger partial charge in [0.1, 0.15) is 0 Å². The number of methoxy groups -OCH3 is 1. The molecule has 2 aliphatic heterocycles. The molecule has 164 valence electrons. The smallest absolute Gasteiger partial charge is 0.243 e. The number of anilines is 1. The Hall–Kier alpha value is -2.55. The van der Waals surface area contributed by atoms with Crippen molar-refractivity contribution in [1.82, 2.24) is 4.31 Å². The number of rotatable bonds is 4. The molecule has 8 heteroatoms. The maximum absolute atomic E-state index is 13.1. The SMILES string of the molecule is COc1cc(C2Nc3ccc(S(=O)(=O)N4CCOCC4)cc3C3C=CCC32)ccc1O. The number of aromatic hydroxyl groups is 1. The number of hydrogen-bond donors (Lipinski definition) is 2. The summed E-state index contributed by atoms with van der Waals surface area (Å²) < 4.78 is 38.4. The first-order chi connectivity index (χ1) is 15.0. The lowest BCUT2D eigenvalue weighted by molar-refractivity contribution is 0.0730. The van der Waals surface area contributed by atoms with E-state index in [4.69, 9.17) is 9.47 Å². The summed E-state index contributed by atoms with van der Waals surface area (Å²) in [6, 6.07) is 10.8. The van der Waals surface area contributed by atoms with Crippen LogP contribution in [0.1, 0.15) is 29.5 Å². The van der Waals surface area contributed by atoms with Crippen LogP contribution in [0.5, 0.6) is 11.5 Å². The Morgan fingerprint density at radius 1 is 1.16 bits per heavy atom. The zero-order chi connectivity index (χ0) is 21.6. The molecule has 5 rings (SSSR count). The summed E-state index contributed by atoms with van der Waals surface area (Å²) in [6.07, 6.45) is 5.24. The second-order valence-electron chi connectivity index (χ2n) is 8.17. The Labute approximate surface area is 182 Å². The number of phenolic OH excluding ortho intramolecular Hbond substituents is 1. The van der Waals surface area contributed by atoms with Crippen LogP contribution in [0.2, 0.25) is 0 Å². The van der Waals surface area contributed by atoms with Crippen molar-refractivity contribution < 1.29 is 23.0 Å². The van der Waals surface area contributed by atoms with Crippen LogP contribution in [0.4, 0.5) is 5.69 Å². The van der Waals surface area contributed by atoms with Crippen LogP contribution >= 0.6 is 0 Å². The lowest BCUT2D eigenvalue weighted by Gasteiger charge is -2.38. The molecule has 0 spiro atoms. The molecule has 0 radical (unpaired) electrons. The quantitative estimate of drug-likeness (QED) is 0.707. The molecule has 1 aliphatic carbocycles. The number of phenols is 1. The minimum absolute atomic E-state index is 0.0312. The number of nitrogens with zero attached hydrogens (tertiary/aromatic N) is 1. The Morgan fingerprint density at radius 2 is 1.97 bits per heavy atom. The Bertz CT molecular complexity index is 1120. The molecule has 1 saturated heterocycles. The molecule has 2 aromatic rings. The highest BCUT2D eigenvalue weighted by Crippen LogP contribution is 2.51. The molecular formula is C23H26N2O5S. The number of hydrogen-bond acceptors (Lipinski definition) is 6. The largest absolute Gasteiger partial charge is 0.504 e. The standard InChI is InChI=1S/C23H26N2O5S/c1-29-22-13-15(5-8-21(22)26)23-18-4-2-3-17(18)19-14-16(6-7-20(19)24-23)31(27,28)25-9-11-30-12-10-25/h2-3,5-8,13-14,17-18,23-24,26H,4,9-12H2,1H3. The van der Waals surface area contributed by atoms with Gasteiger partial charge < -0.3 is 19.9 Å². The van der Waals surface area contributed by atoms with Gasteiger partial charge in [-0.15, -0.1) is 0 Å². The zero-order valence-corrected chi connectivity index (χ0v) is 18.1. The van der Waals surface area contributed by atoms with Crippen molar-refractivity contribution in [3.8, 4) is 11.5 Å². The third-order valence-electron chi connectivity index (χ3n) is 6.50. The maximum atomic E-state index is 13.1. The van der Waals surface area contributed by atoms with E-state index in [2.05, 4.69) is 17.5 Å². The first-order valence-corrected chi connectivity index (χ1v) is 11.9. The summed E-state index contributed by atoms with van der Waals surface area (Å²) in [5, 5.41) is 13.6. The van der Waals surface area contributed by atoms with Crippen molar-refractivity contribution in [1.29, 1.82) is 0 Å². The van der Waals surface area contributed by atoms with Crippen LogP contribution in [0.15, 0.2) is 53.4 Å². The van der Waals surface area contributed by atoms with Crippen LogP contribution in [0, 0.1) is 5.92 Å². The average Bonchev–Trinajstić information content (AvgIpc) is 3.29. The van der Waals surface area contributed by atoms with Crippen molar-refractivity contribution >= 4 is 15.7 Å². The monoisotopic (exact) mass is 442 g/mol. The van der Waals surface area contributed by atoms with Crippen molar-refractivity contribution in [3.63, 3.8) is 0 Å². The van der Waals surface area contributed by atoms with Gasteiger partial charge in [0.05, 0.1) is 31.3 Å². The first-order valence-electron chi connectivity index (χ1n) is 10.5. The second kappa shape index (κ2) is 7.85. The minimum atomic E-state index is -3.55. The molecule has 7 nitrogen and oxygen atoms in total. The number of fused-ring (bicyclic) bond motifs is 3. The number of allylic oxidation sites excluding steroid dienone is 2. The summed E-state index contributed by atoms with van der Waals surface area (Å²) in [5.41, 5.74) is 2.98. The van der Waals surface area contributed by atoms with E-state index in [0.717, 1.165) is 23.2 Å². The van der Waals surface area contributed by atoms with E-state index in [0.29, 0.717) is 36.9 Å². The molecule has 31 heavy (non-hydrogen) atoms. The molecule has 2 N–H and O–H groups in total. The van der Waals surface area contributed by atoms with Crippen LogP contribution in [0.3, 0.4) is 0 Å². The number of nitrogens with one attached hydrogen (secondary N) is 1. The van der Waals surface area contributed by atoms with Crippen molar-refractivity contribution in [2.75, 3.05) is 38.7 Å². The minimum Gasteiger partial charge on any atom is -0.504 e. The molecule has 3 unspecified atom stereocenters. The summed E-state index contributed by atoms with van der Waals surface area (Å²) in [7, 11) is -2.01. The highest BCUT2D eigenvalue weighted by molar-refractivity contribution is 7.89. The third-order valence-corrected chi connectivity index (χ3v) is 8.40. The Balaban J connectivity index is 1.51. The molecule has 0 bridgehead atoms.